The van der Waals surface area contributed by atoms with Gasteiger partial charge in [0.25, 0.3) is 5.69 Å². The Kier molecular flexibility index (Phi) is 1.88. The SMILES string of the molecule is N#Cc1ncc([N+](=O)[O-])cc1N. The first-order valence-corrected chi connectivity index (χ1v) is 2.95. The molecule has 0 aliphatic rings. The number of anilines is 1. The zero-order valence-electron chi connectivity index (χ0n) is 5.89. The van der Waals surface area contributed by atoms with Crippen molar-refractivity contribution < 1.29 is 4.92 Å². The number of hydrogen-bond acceptors (Lipinski definition) is 5. The number of aromatic nitrogens is 1. The summed E-state index contributed by atoms with van der Waals surface area (Å²) in [4.78, 5) is 13.0. The Balaban J connectivity index is 3.21. The van der Waals surface area contributed by atoms with Gasteiger partial charge in [0.1, 0.15) is 12.3 Å². The Bertz CT molecular complexity index is 368. The van der Waals surface area contributed by atoms with E-state index in [-0.39, 0.29) is 17.1 Å². The molecule has 0 fully saturated rings. The van der Waals surface area contributed by atoms with Crippen LogP contribution in [0, 0.1) is 21.4 Å². The van der Waals surface area contributed by atoms with Crippen molar-refractivity contribution in [3.63, 3.8) is 0 Å². The lowest BCUT2D eigenvalue weighted by atomic mass is 10.3. The first-order chi connectivity index (χ1) is 5.65. The molecule has 12 heavy (non-hydrogen) atoms. The molecule has 0 spiro atoms. The fourth-order valence-corrected chi connectivity index (χ4v) is 0.663. The predicted molar refractivity (Wildman–Crippen MR) is 40.0 cm³/mol. The van der Waals surface area contributed by atoms with Gasteiger partial charge < -0.3 is 5.73 Å². The van der Waals surface area contributed by atoms with Crippen LogP contribution in [0.3, 0.4) is 0 Å². The fourth-order valence-electron chi connectivity index (χ4n) is 0.663. The van der Waals surface area contributed by atoms with Crippen LogP contribution in [0.15, 0.2) is 12.3 Å². The molecule has 0 bridgehead atoms. The molecule has 0 aliphatic heterocycles. The highest BCUT2D eigenvalue weighted by molar-refractivity contribution is 5.54. The van der Waals surface area contributed by atoms with Crippen LogP contribution in [0.5, 0.6) is 0 Å². The van der Waals surface area contributed by atoms with Gasteiger partial charge in [0.05, 0.1) is 10.6 Å². The van der Waals surface area contributed by atoms with E-state index in [0.717, 1.165) is 12.3 Å². The highest BCUT2D eigenvalue weighted by Crippen LogP contribution is 2.15. The number of pyridine rings is 1. The molecular formula is C6H4N4O2. The Morgan fingerprint density at radius 2 is 2.42 bits per heavy atom. The van der Waals surface area contributed by atoms with Crippen molar-refractivity contribution in [2.75, 3.05) is 5.73 Å². The van der Waals surface area contributed by atoms with Crippen LogP contribution in [-0.2, 0) is 0 Å². The maximum Gasteiger partial charge on any atom is 0.289 e. The van der Waals surface area contributed by atoms with Gasteiger partial charge in [-0.1, -0.05) is 0 Å². The molecule has 0 aliphatic carbocycles. The van der Waals surface area contributed by atoms with Gasteiger partial charge in [-0.15, -0.1) is 0 Å². The molecule has 1 rings (SSSR count). The third-order valence-corrected chi connectivity index (χ3v) is 1.22. The molecule has 6 heteroatoms. The average molecular weight is 164 g/mol. The fraction of sp³-hybridized carbons (Fsp3) is 0. The maximum atomic E-state index is 10.2. The van der Waals surface area contributed by atoms with Crippen LogP contribution >= 0.6 is 0 Å². The topological polar surface area (TPSA) is 106 Å². The Morgan fingerprint density at radius 1 is 1.75 bits per heavy atom. The molecule has 6 nitrogen and oxygen atoms in total. The number of nitriles is 1. The Hall–Kier alpha value is -2.16. The number of hydrogen-bond donors (Lipinski definition) is 1. The smallest absolute Gasteiger partial charge is 0.289 e. The summed E-state index contributed by atoms with van der Waals surface area (Å²) in [6.45, 7) is 0. The highest BCUT2D eigenvalue weighted by Gasteiger charge is 2.08. The van der Waals surface area contributed by atoms with Crippen LogP contribution in [0.25, 0.3) is 0 Å². The van der Waals surface area contributed by atoms with Gasteiger partial charge in [-0.25, -0.2) is 4.98 Å². The molecule has 0 amide bonds. The molecule has 2 N–H and O–H groups in total. The minimum absolute atomic E-state index is 0.000556. The normalized spacial score (nSPS) is 8.92. The summed E-state index contributed by atoms with van der Waals surface area (Å²) in [5.74, 6) is 0. The molecule has 0 radical (unpaired) electrons. The van der Waals surface area contributed by atoms with Gasteiger partial charge in [0.15, 0.2) is 5.69 Å². The van der Waals surface area contributed by atoms with E-state index in [1.807, 2.05) is 0 Å². The molecule has 60 valence electrons. The van der Waals surface area contributed by atoms with Crippen LogP contribution in [0.1, 0.15) is 5.69 Å². The molecule has 0 atom stereocenters. The molecule has 0 aromatic carbocycles. The van der Waals surface area contributed by atoms with Crippen molar-refractivity contribution in [1.82, 2.24) is 4.98 Å². The van der Waals surface area contributed by atoms with Gasteiger partial charge in [-0.2, -0.15) is 5.26 Å². The van der Waals surface area contributed by atoms with Crippen LogP contribution in [0.4, 0.5) is 11.4 Å². The maximum absolute atomic E-state index is 10.2. The van der Waals surface area contributed by atoms with E-state index in [1.165, 1.54) is 0 Å². The molecule has 0 saturated heterocycles. The lowest BCUT2D eigenvalue weighted by Gasteiger charge is -1.94. The Morgan fingerprint density at radius 3 is 2.83 bits per heavy atom. The van der Waals surface area contributed by atoms with Gasteiger partial charge in [-0.3, -0.25) is 10.1 Å². The minimum Gasteiger partial charge on any atom is -0.396 e. The van der Waals surface area contributed by atoms with E-state index in [9.17, 15) is 10.1 Å². The largest absolute Gasteiger partial charge is 0.396 e. The summed E-state index contributed by atoms with van der Waals surface area (Å²) in [6, 6.07) is 2.81. The summed E-state index contributed by atoms with van der Waals surface area (Å²) < 4.78 is 0. The molecule has 1 aromatic rings. The third-order valence-electron chi connectivity index (χ3n) is 1.22. The summed E-state index contributed by atoms with van der Waals surface area (Å²) >= 11 is 0. The summed E-state index contributed by atoms with van der Waals surface area (Å²) in [7, 11) is 0. The lowest BCUT2D eigenvalue weighted by molar-refractivity contribution is -0.385. The first kappa shape index (κ1) is 7.94. The molecule has 1 aromatic heterocycles. The Labute approximate surface area is 67.4 Å². The van der Waals surface area contributed by atoms with Crippen molar-refractivity contribution in [3.8, 4) is 6.07 Å². The zero-order valence-corrected chi connectivity index (χ0v) is 5.89. The van der Waals surface area contributed by atoms with Crippen molar-refractivity contribution in [1.29, 1.82) is 5.26 Å². The number of rotatable bonds is 1. The molecule has 1 heterocycles. The third kappa shape index (κ3) is 1.29. The number of nitrogens with zero attached hydrogens (tertiary/aromatic N) is 3. The van der Waals surface area contributed by atoms with E-state index >= 15 is 0 Å². The van der Waals surface area contributed by atoms with Gasteiger partial charge in [0.2, 0.25) is 0 Å². The summed E-state index contributed by atoms with van der Waals surface area (Å²) in [5, 5.41) is 18.6. The first-order valence-electron chi connectivity index (χ1n) is 2.95. The summed E-state index contributed by atoms with van der Waals surface area (Å²) in [6.07, 6.45) is 0.995. The average Bonchev–Trinajstić information content (AvgIpc) is 2.04. The van der Waals surface area contributed by atoms with Crippen LogP contribution in [-0.4, -0.2) is 9.91 Å². The minimum atomic E-state index is -0.621. The van der Waals surface area contributed by atoms with E-state index < -0.39 is 4.92 Å². The van der Waals surface area contributed by atoms with Gasteiger partial charge in [0, 0.05) is 6.07 Å². The summed E-state index contributed by atoms with van der Waals surface area (Å²) in [5.41, 5.74) is 5.08. The van der Waals surface area contributed by atoms with E-state index in [0.29, 0.717) is 0 Å². The lowest BCUT2D eigenvalue weighted by Crippen LogP contribution is -1.96. The van der Waals surface area contributed by atoms with Crippen LogP contribution in [0.2, 0.25) is 0 Å². The highest BCUT2D eigenvalue weighted by atomic mass is 16.6. The molecule has 0 unspecified atom stereocenters. The van der Waals surface area contributed by atoms with E-state index in [1.54, 1.807) is 6.07 Å². The van der Waals surface area contributed by atoms with Crippen molar-refractivity contribution in [2.24, 2.45) is 0 Å². The van der Waals surface area contributed by atoms with Gasteiger partial charge in [-0.05, 0) is 0 Å². The van der Waals surface area contributed by atoms with Crippen molar-refractivity contribution in [2.45, 2.75) is 0 Å². The second-order valence-corrected chi connectivity index (χ2v) is 2.00. The van der Waals surface area contributed by atoms with Crippen molar-refractivity contribution >= 4 is 11.4 Å². The van der Waals surface area contributed by atoms with Crippen LogP contribution < -0.4 is 5.73 Å². The molecule has 0 saturated carbocycles. The van der Waals surface area contributed by atoms with Gasteiger partial charge >= 0.3 is 0 Å². The number of nitrogens with two attached hydrogens (primary N) is 1. The second-order valence-electron chi connectivity index (χ2n) is 2.00. The zero-order chi connectivity index (χ0) is 9.14. The number of nitro groups is 1. The monoisotopic (exact) mass is 164 g/mol. The quantitative estimate of drug-likeness (QED) is 0.478. The standard InChI is InChI=1S/C6H4N4O2/c7-2-6-5(8)1-4(3-9-6)10(11)12/h1,3H,8H2. The number of nitrogen functional groups attached to an aromatic ring is 1. The van der Waals surface area contributed by atoms with Crippen molar-refractivity contribution in [3.05, 3.63) is 28.1 Å². The second kappa shape index (κ2) is 2.84. The molecular weight excluding hydrogens is 160 g/mol. The van der Waals surface area contributed by atoms with E-state index in [4.69, 9.17) is 11.0 Å². The van der Waals surface area contributed by atoms with E-state index in [2.05, 4.69) is 4.98 Å². The predicted octanol–water partition coefficient (Wildman–Crippen LogP) is 0.444.